The summed E-state index contributed by atoms with van der Waals surface area (Å²) in [7, 11) is 0. The van der Waals surface area contributed by atoms with Crippen molar-refractivity contribution in [3.63, 3.8) is 0 Å². The molecule has 2 aromatic carbocycles. The Morgan fingerprint density at radius 2 is 1.67 bits per heavy atom. The molecule has 1 unspecified atom stereocenters. The van der Waals surface area contributed by atoms with Crippen LogP contribution >= 0.6 is 15.9 Å². The quantitative estimate of drug-likeness (QED) is 0.758. The minimum atomic E-state index is 0.261. The fraction of sp³-hybridized carbons (Fsp3) is 0.368. The third kappa shape index (κ3) is 4.18. The average molecular weight is 346 g/mol. The van der Waals surface area contributed by atoms with E-state index >= 15 is 0 Å². The van der Waals surface area contributed by atoms with Crippen LogP contribution < -0.4 is 5.32 Å². The van der Waals surface area contributed by atoms with Crippen LogP contribution in [0, 0.1) is 20.8 Å². The predicted octanol–water partition coefficient (Wildman–Crippen LogP) is 5.46. The molecule has 0 aromatic heterocycles. The van der Waals surface area contributed by atoms with Crippen molar-refractivity contribution in [2.45, 2.75) is 40.2 Å². The molecule has 0 saturated carbocycles. The summed E-state index contributed by atoms with van der Waals surface area (Å²) in [5, 5.41) is 3.70. The first-order valence-corrected chi connectivity index (χ1v) is 8.38. The van der Waals surface area contributed by atoms with Crippen molar-refractivity contribution in [3.8, 4) is 0 Å². The zero-order chi connectivity index (χ0) is 15.4. The zero-order valence-corrected chi connectivity index (χ0v) is 14.9. The number of halogens is 1. The van der Waals surface area contributed by atoms with Gasteiger partial charge in [0, 0.05) is 4.47 Å². The van der Waals surface area contributed by atoms with Crippen LogP contribution in [0.2, 0.25) is 0 Å². The van der Waals surface area contributed by atoms with Crippen LogP contribution in [0.4, 0.5) is 0 Å². The molecule has 112 valence electrons. The number of hydrogen-bond acceptors (Lipinski definition) is 1. The van der Waals surface area contributed by atoms with Gasteiger partial charge in [0.25, 0.3) is 0 Å². The van der Waals surface area contributed by atoms with E-state index in [1.165, 1.54) is 27.8 Å². The van der Waals surface area contributed by atoms with Gasteiger partial charge in [0.05, 0.1) is 6.04 Å². The second kappa shape index (κ2) is 7.24. The molecule has 0 aliphatic heterocycles. The Morgan fingerprint density at radius 3 is 2.24 bits per heavy atom. The van der Waals surface area contributed by atoms with E-state index in [0.29, 0.717) is 0 Å². The molecule has 0 saturated heterocycles. The van der Waals surface area contributed by atoms with Crippen molar-refractivity contribution in [2.24, 2.45) is 0 Å². The lowest BCUT2D eigenvalue weighted by Crippen LogP contribution is -2.24. The number of benzene rings is 2. The maximum Gasteiger partial charge on any atom is 0.0579 e. The number of aryl methyl sites for hydroxylation is 3. The molecule has 1 nitrogen and oxygen atoms in total. The maximum atomic E-state index is 3.70. The molecule has 0 amide bonds. The first-order valence-electron chi connectivity index (χ1n) is 7.59. The molecule has 1 N–H and O–H groups in total. The Morgan fingerprint density at radius 1 is 1.00 bits per heavy atom. The number of rotatable bonds is 5. The van der Waals surface area contributed by atoms with E-state index in [2.05, 4.69) is 85.3 Å². The lowest BCUT2D eigenvalue weighted by Gasteiger charge is -2.22. The number of hydrogen-bond donors (Lipinski definition) is 1. The zero-order valence-electron chi connectivity index (χ0n) is 13.3. The maximum absolute atomic E-state index is 3.70. The first-order chi connectivity index (χ1) is 10.0. The van der Waals surface area contributed by atoms with Gasteiger partial charge >= 0.3 is 0 Å². The highest BCUT2D eigenvalue weighted by molar-refractivity contribution is 9.10. The average Bonchev–Trinajstić information content (AvgIpc) is 2.40. The van der Waals surface area contributed by atoms with E-state index in [0.717, 1.165) is 17.4 Å². The van der Waals surface area contributed by atoms with Crippen molar-refractivity contribution in [1.29, 1.82) is 0 Å². The highest BCUT2D eigenvalue weighted by atomic mass is 79.9. The molecular weight excluding hydrogens is 322 g/mol. The molecule has 2 aromatic rings. The lowest BCUT2D eigenvalue weighted by molar-refractivity contribution is 0.595. The summed E-state index contributed by atoms with van der Waals surface area (Å²) in [6, 6.07) is 13.6. The number of nitrogens with one attached hydrogen (secondary N) is 1. The summed E-state index contributed by atoms with van der Waals surface area (Å²) in [5.74, 6) is 0. The Balaban J connectivity index is 2.46. The Labute approximate surface area is 136 Å². The predicted molar refractivity (Wildman–Crippen MR) is 94.9 cm³/mol. The normalized spacial score (nSPS) is 12.4. The summed E-state index contributed by atoms with van der Waals surface area (Å²) < 4.78 is 1.14. The molecule has 1 atom stereocenters. The SMILES string of the molecule is CCCNC(c1cc(C)cc(C)c1)c1ccc(Br)cc1C. The van der Waals surface area contributed by atoms with E-state index in [1.54, 1.807) is 0 Å². The van der Waals surface area contributed by atoms with Crippen molar-refractivity contribution in [3.05, 3.63) is 68.7 Å². The van der Waals surface area contributed by atoms with Gasteiger partial charge in [0.15, 0.2) is 0 Å². The van der Waals surface area contributed by atoms with Gasteiger partial charge in [0.2, 0.25) is 0 Å². The summed E-state index contributed by atoms with van der Waals surface area (Å²) in [6.45, 7) is 9.75. The molecule has 0 bridgehead atoms. The lowest BCUT2D eigenvalue weighted by atomic mass is 9.93. The van der Waals surface area contributed by atoms with Gasteiger partial charge in [-0.1, -0.05) is 58.2 Å². The topological polar surface area (TPSA) is 12.0 Å². The van der Waals surface area contributed by atoms with Gasteiger partial charge in [-0.3, -0.25) is 0 Å². The smallest absolute Gasteiger partial charge is 0.0579 e. The fourth-order valence-electron chi connectivity index (χ4n) is 2.84. The molecule has 0 fully saturated rings. The molecule has 21 heavy (non-hydrogen) atoms. The van der Waals surface area contributed by atoms with Gasteiger partial charge in [-0.15, -0.1) is 0 Å². The van der Waals surface area contributed by atoms with E-state index in [1.807, 2.05) is 0 Å². The Kier molecular flexibility index (Phi) is 5.60. The van der Waals surface area contributed by atoms with Gasteiger partial charge in [-0.2, -0.15) is 0 Å². The minimum Gasteiger partial charge on any atom is -0.306 e. The van der Waals surface area contributed by atoms with Gasteiger partial charge < -0.3 is 5.32 Å². The van der Waals surface area contributed by atoms with Gasteiger partial charge in [-0.05, 0) is 62.6 Å². The van der Waals surface area contributed by atoms with Crippen LogP contribution in [0.25, 0.3) is 0 Å². The Bertz CT molecular complexity index is 599. The van der Waals surface area contributed by atoms with Crippen molar-refractivity contribution in [2.75, 3.05) is 6.54 Å². The largest absolute Gasteiger partial charge is 0.306 e. The van der Waals surface area contributed by atoms with Crippen molar-refractivity contribution in [1.82, 2.24) is 5.32 Å². The van der Waals surface area contributed by atoms with Crippen molar-refractivity contribution >= 4 is 15.9 Å². The van der Waals surface area contributed by atoms with Crippen LogP contribution in [-0.2, 0) is 0 Å². The summed E-state index contributed by atoms with van der Waals surface area (Å²) >= 11 is 3.56. The van der Waals surface area contributed by atoms with Crippen LogP contribution in [0.3, 0.4) is 0 Å². The molecule has 0 radical (unpaired) electrons. The third-order valence-corrected chi connectivity index (χ3v) is 4.21. The van der Waals surface area contributed by atoms with Crippen LogP contribution in [0.1, 0.15) is 47.2 Å². The van der Waals surface area contributed by atoms with E-state index in [-0.39, 0.29) is 6.04 Å². The summed E-state index contributed by atoms with van der Waals surface area (Å²) in [5.41, 5.74) is 6.67. The highest BCUT2D eigenvalue weighted by Crippen LogP contribution is 2.28. The first kappa shape index (κ1) is 16.3. The van der Waals surface area contributed by atoms with Crippen LogP contribution in [0.5, 0.6) is 0 Å². The molecule has 0 aliphatic rings. The summed E-state index contributed by atoms with van der Waals surface area (Å²) in [4.78, 5) is 0. The highest BCUT2D eigenvalue weighted by Gasteiger charge is 2.16. The fourth-order valence-corrected chi connectivity index (χ4v) is 3.31. The van der Waals surface area contributed by atoms with Gasteiger partial charge in [0.1, 0.15) is 0 Å². The second-order valence-electron chi connectivity index (χ2n) is 5.81. The molecule has 2 heteroatoms. The van der Waals surface area contributed by atoms with Crippen LogP contribution in [0.15, 0.2) is 40.9 Å². The van der Waals surface area contributed by atoms with Crippen molar-refractivity contribution < 1.29 is 0 Å². The molecule has 0 aliphatic carbocycles. The monoisotopic (exact) mass is 345 g/mol. The van der Waals surface area contributed by atoms with E-state index in [4.69, 9.17) is 0 Å². The minimum absolute atomic E-state index is 0.261. The second-order valence-corrected chi connectivity index (χ2v) is 6.72. The van der Waals surface area contributed by atoms with E-state index < -0.39 is 0 Å². The van der Waals surface area contributed by atoms with Gasteiger partial charge in [-0.25, -0.2) is 0 Å². The molecule has 2 rings (SSSR count). The van der Waals surface area contributed by atoms with Crippen LogP contribution in [-0.4, -0.2) is 6.54 Å². The third-order valence-electron chi connectivity index (χ3n) is 3.72. The standard InChI is InChI=1S/C19H24BrN/c1-5-8-21-19(16-10-13(2)9-14(3)11-16)18-7-6-17(20)12-15(18)4/h6-7,9-12,19,21H,5,8H2,1-4H3. The molecule has 0 spiro atoms. The summed E-state index contributed by atoms with van der Waals surface area (Å²) in [6.07, 6.45) is 1.14. The molecular formula is C19H24BrN. The van der Waals surface area contributed by atoms with E-state index in [9.17, 15) is 0 Å². The molecule has 0 heterocycles. The Hall–Kier alpha value is -1.12.